The summed E-state index contributed by atoms with van der Waals surface area (Å²) in [6.45, 7) is 1.95. The smallest absolute Gasteiger partial charge is 0.337 e. The Balaban J connectivity index is 2.07. The van der Waals surface area contributed by atoms with Gasteiger partial charge in [0.15, 0.2) is 5.11 Å². The Morgan fingerprint density at radius 3 is 2.57 bits per heavy atom. The van der Waals surface area contributed by atoms with Gasteiger partial charge in [-0.05, 0) is 37.5 Å². The van der Waals surface area contributed by atoms with Crippen molar-refractivity contribution in [2.24, 2.45) is 0 Å². The van der Waals surface area contributed by atoms with Crippen LogP contribution in [0.2, 0.25) is 0 Å². The highest BCUT2D eigenvalue weighted by molar-refractivity contribution is 7.80. The van der Waals surface area contributed by atoms with Gasteiger partial charge in [0.2, 0.25) is 0 Å². The molecule has 0 amide bonds. The summed E-state index contributed by atoms with van der Waals surface area (Å²) >= 11 is 5.50. The SMILES string of the molecule is COC(=O)C1=C(C)N(C2CC2)C(=S)N[C@H]1c1ccccc1. The Hall–Kier alpha value is -1.88. The molecule has 1 atom stereocenters. The summed E-state index contributed by atoms with van der Waals surface area (Å²) < 4.78 is 4.99. The predicted octanol–water partition coefficient (Wildman–Crippen LogP) is 2.53. The molecule has 1 aromatic rings. The molecule has 21 heavy (non-hydrogen) atoms. The number of thiocarbonyl (C=S) groups is 1. The zero-order chi connectivity index (χ0) is 15.0. The standard InChI is InChI=1S/C16H18N2O2S/c1-10-13(15(19)20-2)14(11-6-4-3-5-7-11)17-16(21)18(10)12-8-9-12/h3-7,12,14H,8-9H2,1-2H3,(H,17,21)/t14-/m0/s1. The van der Waals surface area contributed by atoms with Crippen LogP contribution < -0.4 is 5.32 Å². The maximum Gasteiger partial charge on any atom is 0.337 e. The highest BCUT2D eigenvalue weighted by Gasteiger charge is 2.40. The van der Waals surface area contributed by atoms with Gasteiger partial charge in [-0.2, -0.15) is 0 Å². The molecule has 0 aromatic heterocycles. The zero-order valence-electron chi connectivity index (χ0n) is 12.1. The molecule has 0 bridgehead atoms. The number of hydrogen-bond donors (Lipinski definition) is 1. The lowest BCUT2D eigenvalue weighted by atomic mass is 9.95. The van der Waals surface area contributed by atoms with E-state index in [0.29, 0.717) is 16.7 Å². The van der Waals surface area contributed by atoms with Gasteiger partial charge in [0.25, 0.3) is 0 Å². The quantitative estimate of drug-likeness (QED) is 0.686. The van der Waals surface area contributed by atoms with Crippen LogP contribution in [0.1, 0.15) is 31.4 Å². The molecule has 5 heteroatoms. The number of nitrogens with one attached hydrogen (secondary N) is 1. The minimum Gasteiger partial charge on any atom is -0.466 e. The lowest BCUT2D eigenvalue weighted by Crippen LogP contribution is -2.48. The summed E-state index contributed by atoms with van der Waals surface area (Å²) in [6.07, 6.45) is 2.23. The Labute approximate surface area is 129 Å². The van der Waals surface area contributed by atoms with Crippen LogP contribution in [0.25, 0.3) is 0 Å². The first-order valence-electron chi connectivity index (χ1n) is 7.07. The molecule has 3 rings (SSSR count). The van der Waals surface area contributed by atoms with Crippen LogP contribution in [0.15, 0.2) is 41.6 Å². The third kappa shape index (κ3) is 2.53. The van der Waals surface area contributed by atoms with Crippen LogP contribution in [-0.4, -0.2) is 29.1 Å². The van der Waals surface area contributed by atoms with Crippen LogP contribution in [0, 0.1) is 0 Å². The third-order valence-electron chi connectivity index (χ3n) is 3.98. The van der Waals surface area contributed by atoms with Crippen molar-refractivity contribution in [3.8, 4) is 0 Å². The molecular formula is C16H18N2O2S. The third-order valence-corrected chi connectivity index (χ3v) is 4.29. The van der Waals surface area contributed by atoms with Gasteiger partial charge < -0.3 is 15.0 Å². The highest BCUT2D eigenvalue weighted by Crippen LogP contribution is 2.37. The van der Waals surface area contributed by atoms with Gasteiger partial charge in [-0.1, -0.05) is 30.3 Å². The average Bonchev–Trinajstić information content (AvgIpc) is 3.31. The molecule has 4 nitrogen and oxygen atoms in total. The molecule has 0 saturated heterocycles. The van der Waals surface area contributed by atoms with Crippen LogP contribution in [0.4, 0.5) is 0 Å². The first-order valence-corrected chi connectivity index (χ1v) is 7.48. The molecule has 1 saturated carbocycles. The molecule has 0 spiro atoms. The second-order valence-corrected chi connectivity index (χ2v) is 5.77. The number of esters is 1. The van der Waals surface area contributed by atoms with E-state index >= 15 is 0 Å². The normalized spacial score (nSPS) is 22.1. The highest BCUT2D eigenvalue weighted by atomic mass is 32.1. The first-order chi connectivity index (χ1) is 10.1. The number of carbonyl (C=O) groups is 1. The summed E-state index contributed by atoms with van der Waals surface area (Å²) in [4.78, 5) is 14.3. The van der Waals surface area contributed by atoms with Gasteiger partial charge in [-0.25, -0.2) is 4.79 Å². The van der Waals surface area contributed by atoms with Gasteiger partial charge >= 0.3 is 5.97 Å². The Morgan fingerprint density at radius 1 is 1.33 bits per heavy atom. The van der Waals surface area contributed by atoms with E-state index in [-0.39, 0.29) is 12.0 Å². The molecule has 2 aliphatic rings. The first kappa shape index (κ1) is 14.1. The van der Waals surface area contributed by atoms with Crippen molar-refractivity contribution < 1.29 is 9.53 Å². The van der Waals surface area contributed by atoms with Gasteiger partial charge in [-0.3, -0.25) is 0 Å². The molecule has 1 heterocycles. The van der Waals surface area contributed by atoms with Gasteiger partial charge in [-0.15, -0.1) is 0 Å². The number of allylic oxidation sites excluding steroid dienone is 1. The number of ether oxygens (including phenoxy) is 1. The number of methoxy groups -OCH3 is 1. The van der Waals surface area contributed by atoms with Gasteiger partial charge in [0.1, 0.15) is 0 Å². The fraction of sp³-hybridized carbons (Fsp3) is 0.375. The van der Waals surface area contributed by atoms with Crippen molar-refractivity contribution in [1.29, 1.82) is 0 Å². The molecule has 1 aromatic carbocycles. The maximum absolute atomic E-state index is 12.3. The molecule has 1 aliphatic carbocycles. The Morgan fingerprint density at radius 2 is 2.00 bits per heavy atom. The average molecular weight is 302 g/mol. The van der Waals surface area contributed by atoms with Gasteiger partial charge in [0.05, 0.1) is 18.7 Å². The molecule has 0 unspecified atom stereocenters. The number of hydrogen-bond acceptors (Lipinski definition) is 3. The van der Waals surface area contributed by atoms with E-state index in [1.165, 1.54) is 7.11 Å². The largest absolute Gasteiger partial charge is 0.466 e. The summed E-state index contributed by atoms with van der Waals surface area (Å²) in [5, 5.41) is 3.99. The minimum absolute atomic E-state index is 0.249. The van der Waals surface area contributed by atoms with Gasteiger partial charge in [0, 0.05) is 11.7 Å². The van der Waals surface area contributed by atoms with Crippen molar-refractivity contribution in [3.05, 3.63) is 47.2 Å². The van der Waals surface area contributed by atoms with Crippen LogP contribution in [0.5, 0.6) is 0 Å². The molecule has 110 valence electrons. The fourth-order valence-corrected chi connectivity index (χ4v) is 3.20. The number of benzene rings is 1. The molecule has 0 radical (unpaired) electrons. The van der Waals surface area contributed by atoms with Crippen molar-refractivity contribution in [3.63, 3.8) is 0 Å². The number of nitrogens with zero attached hydrogens (tertiary/aromatic N) is 1. The summed E-state index contributed by atoms with van der Waals surface area (Å²) in [5.74, 6) is -0.304. The second-order valence-electron chi connectivity index (χ2n) is 5.39. The molecular weight excluding hydrogens is 284 g/mol. The van der Waals surface area contributed by atoms with Crippen LogP contribution in [-0.2, 0) is 9.53 Å². The van der Waals surface area contributed by atoms with E-state index in [2.05, 4.69) is 10.2 Å². The van der Waals surface area contributed by atoms with Crippen molar-refractivity contribution >= 4 is 23.3 Å². The second kappa shape index (κ2) is 5.48. The summed E-state index contributed by atoms with van der Waals surface area (Å²) in [6, 6.07) is 10.0. The predicted molar refractivity (Wildman–Crippen MR) is 84.5 cm³/mol. The van der Waals surface area contributed by atoms with Crippen LogP contribution in [0.3, 0.4) is 0 Å². The van der Waals surface area contributed by atoms with E-state index in [9.17, 15) is 4.79 Å². The Kier molecular flexibility index (Phi) is 3.68. The topological polar surface area (TPSA) is 41.6 Å². The lowest BCUT2D eigenvalue weighted by Gasteiger charge is -2.37. The monoisotopic (exact) mass is 302 g/mol. The van der Waals surface area contributed by atoms with E-state index < -0.39 is 0 Å². The van der Waals surface area contributed by atoms with Crippen molar-refractivity contribution in [2.45, 2.75) is 31.8 Å². The molecule has 1 aliphatic heterocycles. The number of carbonyl (C=O) groups excluding carboxylic acids is 1. The van der Waals surface area contributed by atoms with E-state index in [4.69, 9.17) is 17.0 Å². The summed E-state index contributed by atoms with van der Waals surface area (Å²) in [7, 11) is 1.42. The van der Waals surface area contributed by atoms with E-state index in [1.807, 2.05) is 37.3 Å². The van der Waals surface area contributed by atoms with E-state index in [0.717, 1.165) is 24.1 Å². The zero-order valence-corrected chi connectivity index (χ0v) is 12.9. The maximum atomic E-state index is 12.3. The fourth-order valence-electron chi connectivity index (χ4n) is 2.80. The van der Waals surface area contributed by atoms with Crippen molar-refractivity contribution in [2.75, 3.05) is 7.11 Å². The molecule has 1 N–H and O–H groups in total. The van der Waals surface area contributed by atoms with E-state index in [1.54, 1.807) is 0 Å². The minimum atomic E-state index is -0.304. The number of rotatable bonds is 3. The van der Waals surface area contributed by atoms with Crippen molar-refractivity contribution in [1.82, 2.24) is 10.2 Å². The molecule has 1 fully saturated rings. The van der Waals surface area contributed by atoms with Crippen LogP contribution >= 0.6 is 12.2 Å². The lowest BCUT2D eigenvalue weighted by molar-refractivity contribution is -0.136. The Bertz CT molecular complexity index is 608. The summed E-state index contributed by atoms with van der Waals surface area (Å²) in [5.41, 5.74) is 2.56.